The molecule has 1 aromatic carbocycles. The number of hydrogen-bond donors (Lipinski definition) is 2. The summed E-state index contributed by atoms with van der Waals surface area (Å²) < 4.78 is 1.44. The van der Waals surface area contributed by atoms with Crippen LogP contribution in [-0.4, -0.2) is 25.4 Å². The molecule has 33 heavy (non-hydrogen) atoms. The van der Waals surface area contributed by atoms with Gasteiger partial charge in [0.25, 0.3) is 11.5 Å². The van der Waals surface area contributed by atoms with E-state index in [1.807, 2.05) is 31.2 Å². The summed E-state index contributed by atoms with van der Waals surface area (Å²) in [4.78, 5) is 41.0. The van der Waals surface area contributed by atoms with E-state index < -0.39 is 0 Å². The smallest absolute Gasteiger partial charge is 0.266 e. The molecule has 7 nitrogen and oxygen atoms in total. The molecule has 5 aromatic rings. The highest BCUT2D eigenvalue weighted by molar-refractivity contribution is 7.21. The summed E-state index contributed by atoms with van der Waals surface area (Å²) in [5.41, 5.74) is 4.69. The van der Waals surface area contributed by atoms with Crippen molar-refractivity contribution < 1.29 is 4.79 Å². The summed E-state index contributed by atoms with van der Waals surface area (Å²) in [5.74, 6) is 0.572. The van der Waals surface area contributed by atoms with Gasteiger partial charge in [0.05, 0.1) is 33.2 Å². The number of fused-ring (bicyclic) bond motifs is 3. The Bertz CT molecular complexity index is 1590. The largest absolute Gasteiger partial charge is 0.338 e. The van der Waals surface area contributed by atoms with Crippen molar-refractivity contribution in [2.24, 2.45) is 7.05 Å². The molecule has 0 aliphatic heterocycles. The van der Waals surface area contributed by atoms with Crippen molar-refractivity contribution in [3.8, 4) is 11.4 Å². The number of imidazole rings is 1. The van der Waals surface area contributed by atoms with E-state index in [1.165, 1.54) is 32.7 Å². The monoisotopic (exact) mass is 475 g/mol. The summed E-state index contributed by atoms with van der Waals surface area (Å²) in [7, 11) is 1.67. The van der Waals surface area contributed by atoms with Gasteiger partial charge in [-0.3, -0.25) is 9.59 Å². The maximum atomic E-state index is 13.4. The molecule has 1 amide bonds. The third-order valence-corrected chi connectivity index (χ3v) is 8.65. The molecule has 4 heterocycles. The summed E-state index contributed by atoms with van der Waals surface area (Å²) in [6, 6.07) is 7.96. The zero-order valence-electron chi connectivity index (χ0n) is 18.2. The second-order valence-electron chi connectivity index (χ2n) is 8.37. The average molecular weight is 476 g/mol. The lowest BCUT2D eigenvalue weighted by atomic mass is 9.95. The molecule has 0 unspecified atom stereocenters. The van der Waals surface area contributed by atoms with E-state index in [-0.39, 0.29) is 11.5 Å². The SMILES string of the molecule is Cc1c(C(=O)Nc2sc3c(c2-c2nc4ccccc4[nH]2)CCCC3)sc2ncn(C)c(=O)c12. The van der Waals surface area contributed by atoms with Gasteiger partial charge >= 0.3 is 0 Å². The molecular weight excluding hydrogens is 454 g/mol. The molecule has 0 saturated carbocycles. The van der Waals surface area contributed by atoms with Crippen LogP contribution in [0.1, 0.15) is 38.5 Å². The number of nitrogens with one attached hydrogen (secondary N) is 2. The molecule has 0 atom stereocenters. The van der Waals surface area contributed by atoms with Crippen LogP contribution in [0, 0.1) is 6.92 Å². The second kappa shape index (κ2) is 7.64. The highest BCUT2D eigenvalue weighted by Crippen LogP contribution is 2.44. The van der Waals surface area contributed by atoms with E-state index in [2.05, 4.69) is 15.3 Å². The number of aromatic nitrogens is 4. The molecule has 6 rings (SSSR count). The number of rotatable bonds is 3. The van der Waals surface area contributed by atoms with Gasteiger partial charge < -0.3 is 14.9 Å². The van der Waals surface area contributed by atoms with Gasteiger partial charge in [-0.2, -0.15) is 0 Å². The number of aromatic amines is 1. The summed E-state index contributed by atoms with van der Waals surface area (Å²) in [5, 5.41) is 4.48. The number of aryl methyl sites for hydroxylation is 3. The average Bonchev–Trinajstić information content (AvgIpc) is 3.49. The van der Waals surface area contributed by atoms with E-state index in [9.17, 15) is 9.59 Å². The molecule has 166 valence electrons. The van der Waals surface area contributed by atoms with Crippen LogP contribution in [0.4, 0.5) is 5.00 Å². The Kier molecular flexibility index (Phi) is 4.70. The fraction of sp³-hybridized carbons (Fsp3) is 0.250. The summed E-state index contributed by atoms with van der Waals surface area (Å²) >= 11 is 2.90. The number of thiophene rings is 2. The Morgan fingerprint density at radius 3 is 2.85 bits per heavy atom. The number of amides is 1. The van der Waals surface area contributed by atoms with Gasteiger partial charge in [-0.25, -0.2) is 9.97 Å². The van der Waals surface area contributed by atoms with E-state index in [4.69, 9.17) is 4.98 Å². The minimum absolute atomic E-state index is 0.137. The van der Waals surface area contributed by atoms with Crippen LogP contribution in [0.5, 0.6) is 0 Å². The first kappa shape index (κ1) is 20.3. The van der Waals surface area contributed by atoms with Crippen LogP contribution in [0.2, 0.25) is 0 Å². The van der Waals surface area contributed by atoms with Crippen molar-refractivity contribution in [3.63, 3.8) is 0 Å². The molecule has 1 aliphatic carbocycles. The summed E-state index contributed by atoms with van der Waals surface area (Å²) in [6.07, 6.45) is 5.79. The predicted octanol–water partition coefficient (Wildman–Crippen LogP) is 5.04. The van der Waals surface area contributed by atoms with E-state index in [1.54, 1.807) is 18.4 Å². The number of benzene rings is 1. The zero-order valence-corrected chi connectivity index (χ0v) is 19.8. The molecule has 2 N–H and O–H groups in total. The Morgan fingerprint density at radius 2 is 2.00 bits per heavy atom. The topological polar surface area (TPSA) is 92.7 Å². The minimum atomic E-state index is -0.214. The fourth-order valence-electron chi connectivity index (χ4n) is 4.56. The molecule has 9 heteroatoms. The normalized spacial score (nSPS) is 13.5. The predicted molar refractivity (Wildman–Crippen MR) is 134 cm³/mol. The van der Waals surface area contributed by atoms with Crippen molar-refractivity contribution in [2.45, 2.75) is 32.6 Å². The van der Waals surface area contributed by atoms with Gasteiger partial charge in [0.15, 0.2) is 0 Å². The molecule has 0 saturated heterocycles. The van der Waals surface area contributed by atoms with E-state index in [0.717, 1.165) is 53.1 Å². The number of carbonyl (C=O) groups is 1. The quantitative estimate of drug-likeness (QED) is 0.382. The van der Waals surface area contributed by atoms with Crippen LogP contribution >= 0.6 is 22.7 Å². The Balaban J connectivity index is 1.45. The minimum Gasteiger partial charge on any atom is -0.338 e. The highest BCUT2D eigenvalue weighted by Gasteiger charge is 2.26. The molecule has 0 radical (unpaired) electrons. The van der Waals surface area contributed by atoms with Gasteiger partial charge in [-0.15, -0.1) is 22.7 Å². The van der Waals surface area contributed by atoms with Crippen molar-refractivity contribution in [1.82, 2.24) is 19.5 Å². The third kappa shape index (κ3) is 3.22. The number of para-hydroxylation sites is 2. The van der Waals surface area contributed by atoms with Crippen LogP contribution in [0.25, 0.3) is 32.6 Å². The van der Waals surface area contributed by atoms with Crippen LogP contribution in [0.15, 0.2) is 35.4 Å². The highest BCUT2D eigenvalue weighted by atomic mass is 32.1. The fourth-order valence-corrected chi connectivity index (χ4v) is 6.88. The first-order valence-corrected chi connectivity index (χ1v) is 12.5. The Labute approximate surface area is 197 Å². The molecule has 0 fully saturated rings. The van der Waals surface area contributed by atoms with Gasteiger partial charge in [0.2, 0.25) is 0 Å². The molecule has 1 aliphatic rings. The maximum absolute atomic E-state index is 13.4. The molecule has 0 spiro atoms. The number of hydrogen-bond acceptors (Lipinski definition) is 6. The van der Waals surface area contributed by atoms with Crippen molar-refractivity contribution in [1.29, 1.82) is 0 Å². The molecule has 4 aromatic heterocycles. The number of carbonyl (C=O) groups excluding carboxylic acids is 1. The van der Waals surface area contributed by atoms with Gasteiger partial charge in [0.1, 0.15) is 15.7 Å². The molecule has 0 bridgehead atoms. The second-order valence-corrected chi connectivity index (χ2v) is 10.5. The number of H-pyrrole nitrogens is 1. The first-order valence-electron chi connectivity index (χ1n) is 10.9. The molecular formula is C24H21N5O2S2. The lowest BCUT2D eigenvalue weighted by Gasteiger charge is -2.12. The van der Waals surface area contributed by atoms with Gasteiger partial charge in [-0.1, -0.05) is 12.1 Å². The number of anilines is 1. The van der Waals surface area contributed by atoms with Crippen molar-refractivity contribution >= 4 is 54.8 Å². The lowest BCUT2D eigenvalue weighted by Crippen LogP contribution is -2.17. The van der Waals surface area contributed by atoms with Crippen LogP contribution in [0.3, 0.4) is 0 Å². The van der Waals surface area contributed by atoms with Crippen LogP contribution < -0.4 is 10.9 Å². The standard InChI is InChI=1S/C24H21N5O2S2/c1-12-17-22(25-11-29(2)24(17)31)33-19(12)21(30)28-23-18(13-7-3-6-10-16(13)32-23)20-26-14-8-4-5-9-15(14)27-20/h4-5,8-9,11H,3,6-7,10H2,1-2H3,(H,26,27)(H,28,30). The van der Waals surface area contributed by atoms with Crippen molar-refractivity contribution in [3.05, 3.63) is 61.8 Å². The van der Waals surface area contributed by atoms with E-state index >= 15 is 0 Å². The number of nitrogens with zero attached hydrogens (tertiary/aromatic N) is 3. The lowest BCUT2D eigenvalue weighted by molar-refractivity contribution is 0.103. The first-order chi connectivity index (χ1) is 16.0. The van der Waals surface area contributed by atoms with Gasteiger partial charge in [0, 0.05) is 11.9 Å². The summed E-state index contributed by atoms with van der Waals surface area (Å²) in [6.45, 7) is 1.82. The zero-order chi connectivity index (χ0) is 22.7. The van der Waals surface area contributed by atoms with E-state index in [0.29, 0.717) is 20.7 Å². The maximum Gasteiger partial charge on any atom is 0.266 e. The Morgan fingerprint density at radius 1 is 1.18 bits per heavy atom. The van der Waals surface area contributed by atoms with Crippen LogP contribution in [-0.2, 0) is 19.9 Å². The van der Waals surface area contributed by atoms with Crippen molar-refractivity contribution in [2.75, 3.05) is 5.32 Å². The third-order valence-electron chi connectivity index (χ3n) is 6.24. The Hall–Kier alpha value is -3.30. The van der Waals surface area contributed by atoms with Gasteiger partial charge in [-0.05, 0) is 55.9 Å².